The Labute approximate surface area is 141 Å². The van der Waals surface area contributed by atoms with E-state index >= 15 is 0 Å². The summed E-state index contributed by atoms with van der Waals surface area (Å²) in [6, 6.07) is 2.43. The van der Waals surface area contributed by atoms with Crippen molar-refractivity contribution in [3.8, 4) is 0 Å². The molecule has 1 aromatic heterocycles. The van der Waals surface area contributed by atoms with Crippen LogP contribution < -0.4 is 5.73 Å². The lowest BCUT2D eigenvalue weighted by Crippen LogP contribution is -2.50. The Morgan fingerprint density at radius 2 is 2.00 bits per heavy atom. The topological polar surface area (TPSA) is 66.6 Å². The molecule has 0 aromatic carbocycles. The van der Waals surface area contributed by atoms with Gasteiger partial charge in [0, 0.05) is 25.0 Å². The molecule has 0 spiro atoms. The monoisotopic (exact) mass is 335 g/mol. The van der Waals surface area contributed by atoms with Crippen LogP contribution in [0.25, 0.3) is 0 Å². The number of hydrogen-bond acceptors (Lipinski definition) is 4. The van der Waals surface area contributed by atoms with E-state index in [2.05, 4.69) is 21.7 Å². The number of rotatable bonds is 4. The third-order valence-corrected chi connectivity index (χ3v) is 5.99. The van der Waals surface area contributed by atoms with E-state index in [0.717, 1.165) is 19.4 Å². The van der Waals surface area contributed by atoms with Gasteiger partial charge >= 0.3 is 0 Å². The highest BCUT2D eigenvalue weighted by atomic mass is 32.1. The third-order valence-electron chi connectivity index (χ3n) is 5.29. The first-order valence-corrected chi connectivity index (χ1v) is 9.38. The van der Waals surface area contributed by atoms with Crippen molar-refractivity contribution in [2.45, 2.75) is 44.7 Å². The minimum absolute atomic E-state index is 0.0697. The maximum Gasteiger partial charge on any atom is 0.239 e. The molecule has 126 valence electrons. The molecule has 0 aliphatic carbocycles. The van der Waals surface area contributed by atoms with E-state index in [0.29, 0.717) is 32.0 Å². The molecule has 5 nitrogen and oxygen atoms in total. The van der Waals surface area contributed by atoms with E-state index in [4.69, 9.17) is 5.73 Å². The highest BCUT2D eigenvalue weighted by Gasteiger charge is 2.36. The summed E-state index contributed by atoms with van der Waals surface area (Å²) in [7, 11) is 0. The lowest BCUT2D eigenvalue weighted by atomic mass is 9.96. The zero-order valence-corrected chi connectivity index (χ0v) is 14.4. The highest BCUT2D eigenvalue weighted by Crippen LogP contribution is 2.35. The van der Waals surface area contributed by atoms with Crippen molar-refractivity contribution in [2.24, 2.45) is 11.7 Å². The second-order valence-corrected chi connectivity index (χ2v) is 7.41. The average Bonchev–Trinajstić information content (AvgIpc) is 3.24. The van der Waals surface area contributed by atoms with Gasteiger partial charge in [-0.25, -0.2) is 0 Å². The summed E-state index contributed by atoms with van der Waals surface area (Å²) in [5.41, 5.74) is 6.70. The molecule has 2 amide bonds. The number of nitrogens with two attached hydrogens (primary N) is 1. The Bertz CT molecular complexity index is 552. The van der Waals surface area contributed by atoms with Crippen LogP contribution in [-0.2, 0) is 9.59 Å². The minimum atomic E-state index is -0.234. The second kappa shape index (κ2) is 7.01. The van der Waals surface area contributed by atoms with Gasteiger partial charge in [0.2, 0.25) is 11.8 Å². The number of carbonyl (C=O) groups excluding carboxylic acids is 2. The fraction of sp³-hybridized carbons (Fsp3) is 0.647. The molecule has 0 saturated carbocycles. The number of piperidine rings is 1. The molecule has 2 saturated heterocycles. The zero-order valence-electron chi connectivity index (χ0n) is 13.6. The van der Waals surface area contributed by atoms with Gasteiger partial charge in [-0.2, -0.15) is 11.3 Å². The average molecular weight is 335 g/mol. The molecular weight excluding hydrogens is 310 g/mol. The van der Waals surface area contributed by atoms with Gasteiger partial charge in [0.05, 0.1) is 6.04 Å². The SMILES string of the molecule is C[C@@H](C(=O)N1CCC(C(N)=O)CC1)N1CCC[C@H]1c1ccsc1. The first-order chi connectivity index (χ1) is 11.1. The number of nitrogens with zero attached hydrogens (tertiary/aromatic N) is 2. The van der Waals surface area contributed by atoms with E-state index in [9.17, 15) is 9.59 Å². The van der Waals surface area contributed by atoms with Crippen molar-refractivity contribution in [3.63, 3.8) is 0 Å². The van der Waals surface area contributed by atoms with Crippen LogP contribution >= 0.6 is 11.3 Å². The molecule has 0 bridgehead atoms. The quantitative estimate of drug-likeness (QED) is 0.915. The normalized spacial score (nSPS) is 24.7. The van der Waals surface area contributed by atoms with Gasteiger partial charge in [-0.3, -0.25) is 14.5 Å². The van der Waals surface area contributed by atoms with Gasteiger partial charge < -0.3 is 10.6 Å². The van der Waals surface area contributed by atoms with Gasteiger partial charge in [-0.05, 0) is 61.5 Å². The van der Waals surface area contributed by atoms with Crippen LogP contribution in [0.4, 0.5) is 0 Å². The van der Waals surface area contributed by atoms with Crippen LogP contribution in [-0.4, -0.2) is 47.3 Å². The van der Waals surface area contributed by atoms with E-state index in [1.165, 1.54) is 5.56 Å². The van der Waals surface area contributed by atoms with Crippen LogP contribution in [0.1, 0.15) is 44.2 Å². The number of amides is 2. The molecular formula is C17H25N3O2S. The Morgan fingerprint density at radius 1 is 1.26 bits per heavy atom. The Kier molecular flexibility index (Phi) is 5.02. The zero-order chi connectivity index (χ0) is 16.4. The smallest absolute Gasteiger partial charge is 0.239 e. The van der Waals surface area contributed by atoms with Crippen molar-refractivity contribution in [1.29, 1.82) is 0 Å². The predicted octanol–water partition coefficient (Wildman–Crippen LogP) is 2.00. The Morgan fingerprint density at radius 3 is 2.61 bits per heavy atom. The summed E-state index contributed by atoms with van der Waals surface area (Å²) in [6.07, 6.45) is 3.66. The van der Waals surface area contributed by atoms with E-state index in [-0.39, 0.29) is 23.8 Å². The molecule has 6 heteroatoms. The van der Waals surface area contributed by atoms with Gasteiger partial charge in [-0.1, -0.05) is 0 Å². The second-order valence-electron chi connectivity index (χ2n) is 6.63. The fourth-order valence-corrected chi connectivity index (χ4v) is 4.57. The molecule has 2 aliphatic heterocycles. The largest absolute Gasteiger partial charge is 0.369 e. The first-order valence-electron chi connectivity index (χ1n) is 8.44. The van der Waals surface area contributed by atoms with E-state index in [1.807, 2.05) is 11.8 Å². The molecule has 1 aromatic rings. The molecule has 23 heavy (non-hydrogen) atoms. The lowest BCUT2D eigenvalue weighted by Gasteiger charge is -2.36. The van der Waals surface area contributed by atoms with Gasteiger partial charge in [0.15, 0.2) is 0 Å². The van der Waals surface area contributed by atoms with Gasteiger partial charge in [0.25, 0.3) is 0 Å². The Balaban J connectivity index is 1.62. The van der Waals surface area contributed by atoms with Crippen LogP contribution in [0.2, 0.25) is 0 Å². The molecule has 2 fully saturated rings. The highest BCUT2D eigenvalue weighted by molar-refractivity contribution is 7.07. The molecule has 0 radical (unpaired) electrons. The first kappa shape index (κ1) is 16.5. The fourth-order valence-electron chi connectivity index (χ4n) is 3.87. The van der Waals surface area contributed by atoms with Gasteiger partial charge in [0.1, 0.15) is 0 Å². The maximum atomic E-state index is 12.8. The maximum absolute atomic E-state index is 12.8. The van der Waals surface area contributed by atoms with Crippen molar-refractivity contribution >= 4 is 23.2 Å². The number of likely N-dealkylation sites (tertiary alicyclic amines) is 2. The Hall–Kier alpha value is -1.40. The number of primary amides is 1. The lowest BCUT2D eigenvalue weighted by molar-refractivity contribution is -0.139. The van der Waals surface area contributed by atoms with Crippen molar-refractivity contribution in [2.75, 3.05) is 19.6 Å². The van der Waals surface area contributed by atoms with Crippen molar-refractivity contribution < 1.29 is 9.59 Å². The molecule has 0 unspecified atom stereocenters. The predicted molar refractivity (Wildman–Crippen MR) is 91.0 cm³/mol. The number of carbonyl (C=O) groups is 2. The van der Waals surface area contributed by atoms with E-state index in [1.54, 1.807) is 11.3 Å². The molecule has 2 N–H and O–H groups in total. The summed E-state index contributed by atoms with van der Waals surface area (Å²) in [4.78, 5) is 28.4. The molecule has 2 aliphatic rings. The van der Waals surface area contributed by atoms with Crippen LogP contribution in [0.5, 0.6) is 0 Å². The minimum Gasteiger partial charge on any atom is -0.369 e. The molecule has 3 rings (SSSR count). The summed E-state index contributed by atoms with van der Waals surface area (Å²) >= 11 is 1.71. The third kappa shape index (κ3) is 3.43. The van der Waals surface area contributed by atoms with Crippen LogP contribution in [0, 0.1) is 5.92 Å². The van der Waals surface area contributed by atoms with Crippen molar-refractivity contribution in [3.05, 3.63) is 22.4 Å². The summed E-state index contributed by atoms with van der Waals surface area (Å²) in [6.45, 7) is 4.29. The summed E-state index contributed by atoms with van der Waals surface area (Å²) in [5.74, 6) is -0.114. The van der Waals surface area contributed by atoms with E-state index < -0.39 is 0 Å². The van der Waals surface area contributed by atoms with Gasteiger partial charge in [-0.15, -0.1) is 0 Å². The van der Waals surface area contributed by atoms with Crippen LogP contribution in [0.15, 0.2) is 16.8 Å². The number of hydrogen-bond donors (Lipinski definition) is 1. The number of thiophene rings is 1. The molecule has 3 heterocycles. The summed E-state index contributed by atoms with van der Waals surface area (Å²) < 4.78 is 0. The molecule has 2 atom stereocenters. The van der Waals surface area contributed by atoms with Crippen LogP contribution in [0.3, 0.4) is 0 Å². The van der Waals surface area contributed by atoms with Crippen molar-refractivity contribution in [1.82, 2.24) is 9.80 Å². The standard InChI is InChI=1S/C17H25N3O2S/c1-12(17(22)19-8-4-13(5-9-19)16(18)21)20-7-2-3-15(20)14-6-10-23-11-14/h6,10-13,15H,2-5,7-9H2,1H3,(H2,18,21)/t12-,15-/m0/s1. The summed E-state index contributed by atoms with van der Waals surface area (Å²) in [5, 5.41) is 4.30.